The first-order valence-electron chi connectivity index (χ1n) is 24.7. The molecule has 6 rings (SSSR count). The zero-order valence-corrected chi connectivity index (χ0v) is 41.5. The van der Waals surface area contributed by atoms with Gasteiger partial charge in [0.15, 0.2) is 12.1 Å². The minimum atomic E-state index is -2.42. The molecule has 1 aromatic rings. The van der Waals surface area contributed by atoms with Crippen molar-refractivity contribution in [2.45, 2.75) is 179 Å². The summed E-state index contributed by atoms with van der Waals surface area (Å²) in [6.45, 7) is 11.3. The predicted molar refractivity (Wildman–Crippen MR) is 249 cm³/mol. The molecule has 15 atom stereocenters. The summed E-state index contributed by atoms with van der Waals surface area (Å²) in [5, 5.41) is 24.2. The second-order valence-corrected chi connectivity index (χ2v) is 20.0. The molecular weight excluding hydrogens is 875 g/mol. The zero-order valence-electron chi connectivity index (χ0n) is 41.5. The summed E-state index contributed by atoms with van der Waals surface area (Å²) in [5.41, 5.74) is 1.57. The molecule has 17 nitrogen and oxygen atoms in total. The van der Waals surface area contributed by atoms with Crippen molar-refractivity contribution in [3.8, 4) is 0 Å². The number of piperidine rings is 1. The number of aromatic nitrogens is 4. The Morgan fingerprint density at radius 3 is 2.38 bits per heavy atom. The van der Waals surface area contributed by atoms with Crippen LogP contribution in [0.5, 0.6) is 0 Å². The molecule has 1 aromatic heterocycles. The van der Waals surface area contributed by atoms with Crippen molar-refractivity contribution in [3.63, 3.8) is 0 Å². The predicted octanol–water partition coefficient (Wildman–Crippen LogP) is 5.82. The van der Waals surface area contributed by atoms with Gasteiger partial charge < -0.3 is 38.4 Å². The lowest BCUT2D eigenvalue weighted by Gasteiger charge is -2.42. The molecule has 5 heterocycles. The Morgan fingerprint density at radius 1 is 0.897 bits per heavy atom. The normalized spacial score (nSPS) is 39.6. The van der Waals surface area contributed by atoms with Gasteiger partial charge in [0.1, 0.15) is 36.2 Å². The first-order chi connectivity index (χ1) is 32.5. The number of carbonyl (C=O) groups excluding carboxylic acids is 5. The number of aliphatic hydroxyl groups is 1. The highest BCUT2D eigenvalue weighted by Crippen LogP contribution is 2.39. The van der Waals surface area contributed by atoms with E-state index in [4.69, 9.17) is 28.4 Å². The summed E-state index contributed by atoms with van der Waals surface area (Å²) in [7, 11) is 4.73. The molecule has 3 saturated heterocycles. The molecule has 0 aromatic carbocycles. The number of ether oxygens (including phenoxy) is 6. The number of methoxy groups -OCH3 is 3. The second kappa shape index (κ2) is 24.0. The maximum atomic E-state index is 14.5. The third kappa shape index (κ3) is 12.5. The third-order valence-electron chi connectivity index (χ3n) is 15.1. The van der Waals surface area contributed by atoms with Crippen molar-refractivity contribution < 1.29 is 57.5 Å². The summed E-state index contributed by atoms with van der Waals surface area (Å²) in [4.78, 5) is 73.8. The molecule has 1 aliphatic carbocycles. The molecule has 17 heteroatoms. The molecule has 1 amide bonds. The fraction of sp³-hybridized carbons (Fsp3) is 0.725. The van der Waals surface area contributed by atoms with Crippen molar-refractivity contribution >= 4 is 29.2 Å². The minimum absolute atomic E-state index is 0.0130. The number of cyclic esters (lactones) is 1. The van der Waals surface area contributed by atoms with Crippen LogP contribution in [0.3, 0.4) is 0 Å². The highest BCUT2D eigenvalue weighted by molar-refractivity contribution is 6.39. The fourth-order valence-electron chi connectivity index (χ4n) is 10.9. The molecule has 376 valence electrons. The lowest BCUT2D eigenvalue weighted by Crippen LogP contribution is -2.61. The molecule has 68 heavy (non-hydrogen) atoms. The number of nitrogens with zero attached hydrogens (tertiary/aromatic N) is 5. The first-order valence-corrected chi connectivity index (χ1v) is 24.7. The molecular formula is C51H75N5O12. The Labute approximate surface area is 401 Å². The van der Waals surface area contributed by atoms with E-state index in [1.807, 2.05) is 58.1 Å². The summed E-state index contributed by atoms with van der Waals surface area (Å²) in [6.07, 6.45) is 14.3. The smallest absolute Gasteiger partial charge is 0.329 e. The van der Waals surface area contributed by atoms with Gasteiger partial charge in [0.2, 0.25) is 5.79 Å². The Hall–Kier alpha value is -4.26. The van der Waals surface area contributed by atoms with Crippen LogP contribution in [0.15, 0.2) is 53.9 Å². The Kier molecular flexibility index (Phi) is 18.8. The van der Waals surface area contributed by atoms with Gasteiger partial charge in [-0.3, -0.25) is 19.2 Å². The number of hydrogen-bond donors (Lipinski definition) is 1. The topological polar surface area (TPSA) is 208 Å². The number of esters is 1. The summed E-state index contributed by atoms with van der Waals surface area (Å²) < 4.78 is 36.4. The van der Waals surface area contributed by atoms with Crippen molar-refractivity contribution in [2.75, 3.05) is 27.9 Å². The highest BCUT2D eigenvalue weighted by Gasteiger charge is 2.53. The number of allylic oxidation sites excluding steroid dienone is 6. The Bertz CT molecular complexity index is 2040. The summed E-state index contributed by atoms with van der Waals surface area (Å²) >= 11 is 0. The van der Waals surface area contributed by atoms with Crippen LogP contribution >= 0.6 is 0 Å². The number of amides is 1. The van der Waals surface area contributed by atoms with E-state index in [0.717, 1.165) is 18.4 Å². The Balaban J connectivity index is 1.30. The van der Waals surface area contributed by atoms with Crippen molar-refractivity contribution in [3.05, 3.63) is 53.9 Å². The number of tetrazole rings is 1. The summed E-state index contributed by atoms with van der Waals surface area (Å²) in [6, 6.07) is -1.21. The van der Waals surface area contributed by atoms with Crippen molar-refractivity contribution in [2.24, 2.45) is 29.6 Å². The van der Waals surface area contributed by atoms with Crippen LogP contribution in [0.2, 0.25) is 0 Å². The van der Waals surface area contributed by atoms with Gasteiger partial charge in [-0.25, -0.2) is 4.79 Å². The van der Waals surface area contributed by atoms with Gasteiger partial charge >= 0.3 is 5.97 Å². The quantitative estimate of drug-likeness (QED) is 0.194. The zero-order chi connectivity index (χ0) is 49.3. The minimum Gasteiger partial charge on any atom is -0.460 e. The fourth-order valence-corrected chi connectivity index (χ4v) is 10.9. The number of hydrogen-bond acceptors (Lipinski definition) is 15. The van der Waals surface area contributed by atoms with Crippen LogP contribution < -0.4 is 0 Å². The average molecular weight is 950 g/mol. The molecule has 0 radical (unpaired) electrons. The maximum Gasteiger partial charge on any atom is 0.329 e. The van der Waals surface area contributed by atoms with E-state index in [1.165, 1.54) is 18.3 Å². The Morgan fingerprint density at radius 2 is 1.68 bits per heavy atom. The van der Waals surface area contributed by atoms with Gasteiger partial charge in [0.25, 0.3) is 11.7 Å². The van der Waals surface area contributed by atoms with Gasteiger partial charge in [0, 0.05) is 52.6 Å². The van der Waals surface area contributed by atoms with Crippen LogP contribution in [0.1, 0.15) is 125 Å². The van der Waals surface area contributed by atoms with Crippen LogP contribution in [0.4, 0.5) is 0 Å². The van der Waals surface area contributed by atoms with Gasteiger partial charge in [-0.05, 0) is 112 Å². The van der Waals surface area contributed by atoms with Crippen LogP contribution in [0.25, 0.3) is 0 Å². The largest absolute Gasteiger partial charge is 0.460 e. The molecule has 7 unspecified atom stereocenters. The molecule has 4 fully saturated rings. The SMILES string of the molecule is COC1C(=O)C2C[C@H](C)/C=C/C=C/C=C(\C)[C@@H](OC)C[C@@H]3CCC(C)C(O)(O3)C(=O)C(=O)N3CCCCC3C(=O)O[C@H]([C@H](C)CC3CCC(n4ncnn4)[C@H](OC)C3)CC(=O)[C@H](C)/C=C(\C)[C@H]1O2. The van der Waals surface area contributed by atoms with E-state index in [2.05, 4.69) is 15.4 Å². The lowest BCUT2D eigenvalue weighted by molar-refractivity contribution is -0.265. The monoisotopic (exact) mass is 950 g/mol. The molecule has 1 saturated carbocycles. The van der Waals surface area contributed by atoms with Crippen LogP contribution in [0, 0.1) is 29.6 Å². The van der Waals surface area contributed by atoms with E-state index in [0.29, 0.717) is 56.9 Å². The van der Waals surface area contributed by atoms with E-state index in [1.54, 1.807) is 38.9 Å². The van der Waals surface area contributed by atoms with Crippen molar-refractivity contribution in [1.82, 2.24) is 25.1 Å². The number of fused-ring (bicyclic) bond motifs is 5. The number of Topliss-reactive ketones (excluding diaryl/α,β-unsaturated/α-hetero) is 3. The van der Waals surface area contributed by atoms with Gasteiger partial charge in [0.05, 0.1) is 24.4 Å². The summed E-state index contributed by atoms with van der Waals surface area (Å²) in [5.74, 6) is -7.10. The van der Waals surface area contributed by atoms with E-state index in [9.17, 15) is 29.1 Å². The maximum absolute atomic E-state index is 14.5. The molecule has 4 bridgehead atoms. The van der Waals surface area contributed by atoms with Gasteiger partial charge in [-0.2, -0.15) is 4.80 Å². The standard InChI is InChI=1S/C51H75N5O12/c1-30-15-11-10-12-16-31(2)41(63-7)27-37-20-18-35(6)51(62,68-37)48(59)49(60)55-22-14-13-17-39(55)50(61)67-42(33(4)25-36-19-21-38(43(26-36)64-8)56-53-29-52-54-56)28-40(57)32(3)24-34(5)46-47(65-9)45(58)44(23-30)66-46/h10-12,15-16,24,29-30,32-33,35-39,41-44,46-47,62H,13-14,17-23,25-28H2,1-9H3/b12-10+,15-11+,31-16+,34-24+/t30-,32-,33-,35?,36?,37+,38?,39?,41+,42+,43-,44?,46-,47?,51?/m1/s1. The molecule has 0 spiro atoms. The molecule has 5 aliphatic rings. The number of carbonyl (C=O) groups is 5. The molecule has 4 aliphatic heterocycles. The second-order valence-electron chi connectivity index (χ2n) is 20.0. The van der Waals surface area contributed by atoms with E-state index in [-0.39, 0.29) is 60.9 Å². The molecule has 1 N–H and O–H groups in total. The van der Waals surface area contributed by atoms with Gasteiger partial charge in [-0.1, -0.05) is 64.2 Å². The van der Waals surface area contributed by atoms with Gasteiger partial charge in [-0.15, -0.1) is 10.2 Å². The lowest BCUT2D eigenvalue weighted by atomic mass is 9.77. The number of rotatable bonds is 7. The van der Waals surface area contributed by atoms with Crippen LogP contribution in [-0.4, -0.2) is 142 Å². The van der Waals surface area contributed by atoms with Crippen molar-refractivity contribution in [1.29, 1.82) is 0 Å². The van der Waals surface area contributed by atoms with E-state index < -0.39 is 77.9 Å². The van der Waals surface area contributed by atoms with E-state index >= 15 is 0 Å². The number of ketones is 3. The third-order valence-corrected chi connectivity index (χ3v) is 15.1. The average Bonchev–Trinajstić information content (AvgIpc) is 3.98. The van der Waals surface area contributed by atoms with Crippen LogP contribution in [-0.2, 0) is 52.4 Å². The first kappa shape index (κ1) is 53.1. The highest BCUT2D eigenvalue weighted by atomic mass is 16.6.